The van der Waals surface area contributed by atoms with Gasteiger partial charge >= 0.3 is 0 Å². The highest BCUT2D eigenvalue weighted by atomic mass is 35.5. The van der Waals surface area contributed by atoms with Crippen molar-refractivity contribution in [3.05, 3.63) is 23.0 Å². The molecule has 0 saturated carbocycles. The Labute approximate surface area is 75.3 Å². The highest BCUT2D eigenvalue weighted by Crippen LogP contribution is 2.29. The van der Waals surface area contributed by atoms with Gasteiger partial charge in [-0.3, -0.25) is 0 Å². The molecule has 0 radical (unpaired) electrons. The number of pyridine rings is 1. The molecule has 0 amide bonds. The number of nitrogens with zero attached hydrogens (tertiary/aromatic N) is 1. The Morgan fingerprint density at radius 2 is 2.25 bits per heavy atom. The van der Waals surface area contributed by atoms with Crippen LogP contribution in [0.15, 0.2) is 17.2 Å². The van der Waals surface area contributed by atoms with Crippen LogP contribution >= 0.6 is 11.6 Å². The Bertz CT molecular complexity index is 427. The normalized spacial score (nSPS) is 19.1. The summed E-state index contributed by atoms with van der Waals surface area (Å²) in [5, 5.41) is 0.313. The fourth-order valence-electron chi connectivity index (χ4n) is 1.31. The van der Waals surface area contributed by atoms with Crippen molar-refractivity contribution in [1.82, 2.24) is 4.98 Å². The predicted octanol–water partition coefficient (Wildman–Crippen LogP) is 1.06. The Kier molecular flexibility index (Phi) is 1.63. The SMILES string of the molecule is O=S1(=O)CCc2c1ccnc2Cl. The van der Waals surface area contributed by atoms with Crippen LogP contribution in [0.5, 0.6) is 0 Å². The quantitative estimate of drug-likeness (QED) is 0.593. The van der Waals surface area contributed by atoms with Gasteiger partial charge in [-0.1, -0.05) is 11.6 Å². The van der Waals surface area contributed by atoms with E-state index in [0.29, 0.717) is 22.0 Å². The molecule has 12 heavy (non-hydrogen) atoms. The highest BCUT2D eigenvalue weighted by Gasteiger charge is 2.27. The van der Waals surface area contributed by atoms with Crippen molar-refractivity contribution in [2.75, 3.05) is 5.75 Å². The minimum Gasteiger partial charge on any atom is -0.244 e. The molecule has 0 aromatic carbocycles. The second-order valence-corrected chi connectivity index (χ2v) is 5.08. The van der Waals surface area contributed by atoms with Gasteiger partial charge in [0, 0.05) is 11.8 Å². The fourth-order valence-corrected chi connectivity index (χ4v) is 3.16. The smallest absolute Gasteiger partial charge is 0.179 e. The van der Waals surface area contributed by atoms with Crippen LogP contribution in [-0.2, 0) is 16.3 Å². The van der Waals surface area contributed by atoms with Crippen molar-refractivity contribution in [1.29, 1.82) is 0 Å². The van der Waals surface area contributed by atoms with Gasteiger partial charge in [-0.05, 0) is 12.5 Å². The molecule has 64 valence electrons. The van der Waals surface area contributed by atoms with Crippen molar-refractivity contribution in [2.45, 2.75) is 11.3 Å². The van der Waals surface area contributed by atoms with Gasteiger partial charge in [-0.25, -0.2) is 13.4 Å². The summed E-state index contributed by atoms with van der Waals surface area (Å²) in [7, 11) is -3.05. The lowest BCUT2D eigenvalue weighted by atomic mass is 10.2. The van der Waals surface area contributed by atoms with E-state index in [9.17, 15) is 8.42 Å². The number of sulfone groups is 1. The van der Waals surface area contributed by atoms with Crippen LogP contribution < -0.4 is 0 Å². The van der Waals surface area contributed by atoms with Crippen molar-refractivity contribution >= 4 is 21.4 Å². The molecule has 0 spiro atoms. The van der Waals surface area contributed by atoms with E-state index in [2.05, 4.69) is 4.98 Å². The van der Waals surface area contributed by atoms with Gasteiger partial charge in [-0.15, -0.1) is 0 Å². The molecule has 2 rings (SSSR count). The summed E-state index contributed by atoms with van der Waals surface area (Å²) in [4.78, 5) is 4.17. The molecule has 0 unspecified atom stereocenters. The first-order chi connectivity index (χ1) is 5.61. The summed E-state index contributed by atoms with van der Waals surface area (Å²) in [5.74, 6) is 0.160. The molecule has 1 aromatic heterocycles. The Hall–Kier alpha value is -0.610. The summed E-state index contributed by atoms with van der Waals surface area (Å²) < 4.78 is 22.6. The van der Waals surface area contributed by atoms with Gasteiger partial charge < -0.3 is 0 Å². The minimum atomic E-state index is -3.05. The van der Waals surface area contributed by atoms with E-state index in [0.717, 1.165) is 0 Å². The van der Waals surface area contributed by atoms with E-state index in [1.54, 1.807) is 0 Å². The lowest BCUT2D eigenvalue weighted by molar-refractivity contribution is 0.600. The topological polar surface area (TPSA) is 47.0 Å². The second-order valence-electron chi connectivity index (χ2n) is 2.65. The third-order valence-corrected chi connectivity index (χ3v) is 4.04. The maximum atomic E-state index is 11.3. The number of aromatic nitrogens is 1. The number of halogens is 1. The maximum absolute atomic E-state index is 11.3. The van der Waals surface area contributed by atoms with Crippen LogP contribution in [0.25, 0.3) is 0 Å². The molecule has 0 atom stereocenters. The molecule has 0 saturated heterocycles. The molecule has 0 N–H and O–H groups in total. The molecule has 1 aromatic rings. The monoisotopic (exact) mass is 203 g/mol. The van der Waals surface area contributed by atoms with Crippen LogP contribution in [-0.4, -0.2) is 19.2 Å². The summed E-state index contributed by atoms with van der Waals surface area (Å²) in [6, 6.07) is 1.50. The highest BCUT2D eigenvalue weighted by molar-refractivity contribution is 7.91. The van der Waals surface area contributed by atoms with Gasteiger partial charge in [0.1, 0.15) is 5.15 Å². The summed E-state index contributed by atoms with van der Waals surface area (Å²) >= 11 is 5.72. The van der Waals surface area contributed by atoms with E-state index < -0.39 is 9.84 Å². The first-order valence-electron chi connectivity index (χ1n) is 3.47. The minimum absolute atomic E-state index is 0.160. The number of fused-ring (bicyclic) bond motifs is 1. The Morgan fingerprint density at radius 3 is 2.92 bits per heavy atom. The zero-order chi connectivity index (χ0) is 8.77. The van der Waals surface area contributed by atoms with Gasteiger partial charge in [-0.2, -0.15) is 0 Å². The standard InChI is InChI=1S/C7H6ClNO2S/c8-7-5-2-4-12(10,11)6(5)1-3-9-7/h1,3H,2,4H2. The van der Waals surface area contributed by atoms with Crippen molar-refractivity contribution in [3.63, 3.8) is 0 Å². The Morgan fingerprint density at radius 1 is 1.50 bits per heavy atom. The molecule has 0 bridgehead atoms. The first kappa shape index (κ1) is 8.01. The zero-order valence-electron chi connectivity index (χ0n) is 6.12. The van der Waals surface area contributed by atoms with Crippen molar-refractivity contribution in [2.24, 2.45) is 0 Å². The zero-order valence-corrected chi connectivity index (χ0v) is 7.69. The molecule has 1 aliphatic heterocycles. The third kappa shape index (κ3) is 1.03. The average molecular weight is 204 g/mol. The summed E-state index contributed by atoms with van der Waals surface area (Å²) in [6.45, 7) is 0. The van der Waals surface area contributed by atoms with E-state index in [4.69, 9.17) is 11.6 Å². The fraction of sp³-hybridized carbons (Fsp3) is 0.286. The van der Waals surface area contributed by atoms with Gasteiger partial charge in [0.05, 0.1) is 10.6 Å². The maximum Gasteiger partial charge on any atom is 0.179 e. The largest absolute Gasteiger partial charge is 0.244 e. The van der Waals surface area contributed by atoms with Crippen LogP contribution in [0.3, 0.4) is 0 Å². The van der Waals surface area contributed by atoms with Gasteiger partial charge in [0.15, 0.2) is 9.84 Å². The molecular weight excluding hydrogens is 198 g/mol. The average Bonchev–Trinajstić information content (AvgIpc) is 2.30. The number of rotatable bonds is 0. The molecule has 1 aliphatic rings. The lowest BCUT2D eigenvalue weighted by Crippen LogP contribution is -1.98. The van der Waals surface area contributed by atoms with Crippen LogP contribution in [0, 0.1) is 0 Å². The van der Waals surface area contributed by atoms with E-state index in [-0.39, 0.29) is 5.75 Å². The second kappa shape index (κ2) is 2.44. The number of hydrogen-bond donors (Lipinski definition) is 0. The van der Waals surface area contributed by atoms with Crippen molar-refractivity contribution in [3.8, 4) is 0 Å². The van der Waals surface area contributed by atoms with E-state index >= 15 is 0 Å². The van der Waals surface area contributed by atoms with Gasteiger partial charge in [0.2, 0.25) is 0 Å². The summed E-state index contributed by atoms with van der Waals surface area (Å²) in [6.07, 6.45) is 1.91. The van der Waals surface area contributed by atoms with Crippen LogP contribution in [0.2, 0.25) is 5.15 Å². The Balaban J connectivity index is 2.78. The molecule has 5 heteroatoms. The predicted molar refractivity (Wildman–Crippen MR) is 45.0 cm³/mol. The first-order valence-corrected chi connectivity index (χ1v) is 5.50. The summed E-state index contributed by atoms with van der Waals surface area (Å²) in [5.41, 5.74) is 0.666. The molecular formula is C7H6ClNO2S. The molecule has 0 aliphatic carbocycles. The van der Waals surface area contributed by atoms with Crippen LogP contribution in [0.4, 0.5) is 0 Å². The molecule has 2 heterocycles. The third-order valence-electron chi connectivity index (χ3n) is 1.92. The van der Waals surface area contributed by atoms with E-state index in [1.165, 1.54) is 12.3 Å². The lowest BCUT2D eigenvalue weighted by Gasteiger charge is -1.97. The van der Waals surface area contributed by atoms with Gasteiger partial charge in [0.25, 0.3) is 0 Å². The van der Waals surface area contributed by atoms with E-state index in [1.807, 2.05) is 0 Å². The molecule has 0 fully saturated rings. The number of hydrogen-bond acceptors (Lipinski definition) is 3. The molecule has 3 nitrogen and oxygen atoms in total. The van der Waals surface area contributed by atoms with Crippen LogP contribution in [0.1, 0.15) is 5.56 Å². The van der Waals surface area contributed by atoms with Crippen molar-refractivity contribution < 1.29 is 8.42 Å².